The molecule has 0 aliphatic rings. The summed E-state index contributed by atoms with van der Waals surface area (Å²) in [6.45, 7) is 5.60. The third kappa shape index (κ3) is 7.51. The molecule has 2 N–H and O–H groups in total. The van der Waals surface area contributed by atoms with E-state index in [0.29, 0.717) is 6.42 Å². The van der Waals surface area contributed by atoms with Gasteiger partial charge >= 0.3 is 16.1 Å². The number of carbonyl (C=O) groups excluding carboxylic acids is 1. The molecule has 0 aromatic heterocycles. The standard InChI is InChI=1S/C22H29NO5S/c1-22(2,3)27-21(24)20(15-23)19(14-16-8-6-5-7-9-16)17-10-12-18(13-11-17)28-29(4,25)26/h5-13,19-20H,14-15,23H2,1-4H3. The topological polar surface area (TPSA) is 95.7 Å². The van der Waals surface area contributed by atoms with Crippen LogP contribution in [0.5, 0.6) is 5.75 Å². The molecule has 7 heteroatoms. The van der Waals surface area contributed by atoms with Gasteiger partial charge in [0, 0.05) is 12.5 Å². The zero-order valence-electron chi connectivity index (χ0n) is 17.3. The number of rotatable bonds is 8. The van der Waals surface area contributed by atoms with Crippen LogP contribution in [0.25, 0.3) is 0 Å². The van der Waals surface area contributed by atoms with E-state index in [9.17, 15) is 13.2 Å². The molecule has 0 bridgehead atoms. The van der Waals surface area contributed by atoms with Crippen LogP contribution in [-0.2, 0) is 26.1 Å². The van der Waals surface area contributed by atoms with Gasteiger partial charge in [-0.25, -0.2) is 0 Å². The van der Waals surface area contributed by atoms with Gasteiger partial charge in [0.05, 0.1) is 12.2 Å². The smallest absolute Gasteiger partial charge is 0.311 e. The number of hydrogen-bond donors (Lipinski definition) is 1. The first-order valence-electron chi connectivity index (χ1n) is 9.45. The van der Waals surface area contributed by atoms with E-state index in [1.807, 2.05) is 51.1 Å². The number of hydrogen-bond acceptors (Lipinski definition) is 6. The van der Waals surface area contributed by atoms with Crippen molar-refractivity contribution >= 4 is 16.1 Å². The Morgan fingerprint density at radius 3 is 2.10 bits per heavy atom. The Morgan fingerprint density at radius 1 is 1.03 bits per heavy atom. The molecule has 6 nitrogen and oxygen atoms in total. The summed E-state index contributed by atoms with van der Waals surface area (Å²) in [6.07, 6.45) is 1.58. The van der Waals surface area contributed by atoms with Gasteiger partial charge in [0.15, 0.2) is 0 Å². The monoisotopic (exact) mass is 419 g/mol. The quantitative estimate of drug-likeness (QED) is 0.521. The number of nitrogens with two attached hydrogens (primary N) is 1. The molecule has 0 aliphatic carbocycles. The maximum absolute atomic E-state index is 12.8. The molecule has 29 heavy (non-hydrogen) atoms. The van der Waals surface area contributed by atoms with Crippen LogP contribution in [0.2, 0.25) is 0 Å². The van der Waals surface area contributed by atoms with Gasteiger partial charge in [-0.3, -0.25) is 4.79 Å². The molecule has 0 fully saturated rings. The molecule has 2 unspecified atom stereocenters. The lowest BCUT2D eigenvalue weighted by Crippen LogP contribution is -2.36. The third-order valence-corrected chi connectivity index (χ3v) is 4.80. The highest BCUT2D eigenvalue weighted by atomic mass is 32.2. The summed E-state index contributed by atoms with van der Waals surface area (Å²) in [5, 5.41) is 0. The summed E-state index contributed by atoms with van der Waals surface area (Å²) in [5.74, 6) is -0.908. The second-order valence-corrected chi connectivity index (χ2v) is 9.60. The minimum Gasteiger partial charge on any atom is -0.460 e. The Morgan fingerprint density at radius 2 is 1.62 bits per heavy atom. The first kappa shape index (κ1) is 22.9. The van der Waals surface area contributed by atoms with Crippen LogP contribution < -0.4 is 9.92 Å². The Bertz CT molecular complexity index is 902. The molecular weight excluding hydrogens is 390 g/mol. The lowest BCUT2D eigenvalue weighted by atomic mass is 9.81. The molecular formula is C22H29NO5S. The van der Waals surface area contributed by atoms with Crippen molar-refractivity contribution in [2.24, 2.45) is 11.7 Å². The minimum atomic E-state index is -3.61. The van der Waals surface area contributed by atoms with Crippen LogP contribution >= 0.6 is 0 Å². The minimum absolute atomic E-state index is 0.133. The first-order chi connectivity index (χ1) is 13.5. The van der Waals surface area contributed by atoms with E-state index in [1.165, 1.54) is 0 Å². The van der Waals surface area contributed by atoms with Gasteiger partial charge < -0.3 is 14.7 Å². The highest BCUT2D eigenvalue weighted by molar-refractivity contribution is 7.86. The summed E-state index contributed by atoms with van der Waals surface area (Å²) >= 11 is 0. The van der Waals surface area contributed by atoms with Gasteiger partial charge in [0.2, 0.25) is 0 Å². The van der Waals surface area contributed by atoms with Crippen molar-refractivity contribution in [2.75, 3.05) is 12.8 Å². The van der Waals surface area contributed by atoms with E-state index in [4.69, 9.17) is 14.7 Å². The zero-order valence-corrected chi connectivity index (χ0v) is 18.1. The predicted molar refractivity (Wildman–Crippen MR) is 113 cm³/mol. The Hall–Kier alpha value is -2.38. The van der Waals surface area contributed by atoms with Crippen LogP contribution in [0.1, 0.15) is 37.8 Å². The van der Waals surface area contributed by atoms with Crippen LogP contribution in [0.15, 0.2) is 54.6 Å². The highest BCUT2D eigenvalue weighted by Gasteiger charge is 2.32. The molecule has 2 aromatic carbocycles. The number of carbonyl (C=O) groups is 1. The Balaban J connectivity index is 2.37. The van der Waals surface area contributed by atoms with Crippen molar-refractivity contribution in [1.29, 1.82) is 0 Å². The van der Waals surface area contributed by atoms with Crippen molar-refractivity contribution < 1.29 is 22.1 Å². The van der Waals surface area contributed by atoms with Gasteiger partial charge in [0.25, 0.3) is 0 Å². The number of esters is 1. The van der Waals surface area contributed by atoms with E-state index in [-0.39, 0.29) is 24.2 Å². The van der Waals surface area contributed by atoms with Crippen molar-refractivity contribution in [1.82, 2.24) is 0 Å². The maximum Gasteiger partial charge on any atom is 0.311 e. The number of ether oxygens (including phenoxy) is 1. The van der Waals surface area contributed by atoms with E-state index in [2.05, 4.69) is 0 Å². The third-order valence-electron chi connectivity index (χ3n) is 4.30. The molecule has 2 atom stereocenters. The van der Waals surface area contributed by atoms with Crippen LogP contribution in [-0.4, -0.2) is 32.8 Å². The van der Waals surface area contributed by atoms with Crippen LogP contribution in [0, 0.1) is 5.92 Å². The summed E-state index contributed by atoms with van der Waals surface area (Å²) in [4.78, 5) is 12.8. The largest absolute Gasteiger partial charge is 0.460 e. The number of benzene rings is 2. The molecule has 2 aromatic rings. The fraction of sp³-hybridized carbons (Fsp3) is 0.409. The van der Waals surface area contributed by atoms with Gasteiger partial charge in [-0.1, -0.05) is 42.5 Å². The molecule has 0 saturated heterocycles. The average Bonchev–Trinajstić information content (AvgIpc) is 2.60. The lowest BCUT2D eigenvalue weighted by Gasteiger charge is -2.29. The summed E-state index contributed by atoms with van der Waals surface area (Å²) in [7, 11) is -3.61. The average molecular weight is 420 g/mol. The fourth-order valence-corrected chi connectivity index (χ4v) is 3.57. The fourth-order valence-electron chi connectivity index (χ4n) is 3.11. The second kappa shape index (κ2) is 9.41. The predicted octanol–water partition coefficient (Wildman–Crippen LogP) is 3.27. The second-order valence-electron chi connectivity index (χ2n) is 8.03. The molecule has 0 heterocycles. The SMILES string of the molecule is CC(C)(C)OC(=O)C(CN)C(Cc1ccccc1)c1ccc(OS(C)(=O)=O)cc1. The van der Waals surface area contributed by atoms with E-state index in [0.717, 1.165) is 17.4 Å². The maximum atomic E-state index is 12.8. The van der Waals surface area contributed by atoms with E-state index >= 15 is 0 Å². The lowest BCUT2D eigenvalue weighted by molar-refractivity contribution is -0.160. The van der Waals surface area contributed by atoms with Crippen molar-refractivity contribution in [2.45, 2.75) is 38.7 Å². The first-order valence-corrected chi connectivity index (χ1v) is 11.3. The summed E-state index contributed by atoms with van der Waals surface area (Å²) in [6, 6.07) is 16.5. The Labute approximate surface area is 173 Å². The van der Waals surface area contributed by atoms with Gasteiger partial charge in [-0.15, -0.1) is 0 Å². The Kier molecular flexibility index (Phi) is 7.43. The highest BCUT2D eigenvalue weighted by Crippen LogP contribution is 2.32. The van der Waals surface area contributed by atoms with Crippen molar-refractivity contribution in [3.8, 4) is 5.75 Å². The van der Waals surface area contributed by atoms with Crippen LogP contribution in [0.4, 0.5) is 0 Å². The molecule has 0 spiro atoms. The molecule has 0 radical (unpaired) electrons. The summed E-state index contributed by atoms with van der Waals surface area (Å²) < 4.78 is 33.2. The molecule has 0 aliphatic heterocycles. The van der Waals surface area contributed by atoms with Gasteiger partial charge in [-0.05, 0) is 50.5 Å². The van der Waals surface area contributed by atoms with Crippen molar-refractivity contribution in [3.05, 3.63) is 65.7 Å². The van der Waals surface area contributed by atoms with Gasteiger partial charge in [-0.2, -0.15) is 8.42 Å². The van der Waals surface area contributed by atoms with Gasteiger partial charge in [0.1, 0.15) is 11.4 Å². The van der Waals surface area contributed by atoms with E-state index < -0.39 is 21.6 Å². The van der Waals surface area contributed by atoms with E-state index in [1.54, 1.807) is 24.3 Å². The summed E-state index contributed by atoms with van der Waals surface area (Å²) in [5.41, 5.74) is 7.30. The zero-order chi connectivity index (χ0) is 21.7. The molecule has 158 valence electrons. The normalized spacial score (nSPS) is 14.1. The molecule has 2 rings (SSSR count). The van der Waals surface area contributed by atoms with Crippen molar-refractivity contribution in [3.63, 3.8) is 0 Å². The molecule has 0 amide bonds. The molecule has 0 saturated carbocycles. The van der Waals surface area contributed by atoms with Crippen LogP contribution in [0.3, 0.4) is 0 Å².